The van der Waals surface area contributed by atoms with Crippen molar-refractivity contribution in [3.05, 3.63) is 35.5 Å². The van der Waals surface area contributed by atoms with Crippen LogP contribution in [0.25, 0.3) is 0 Å². The van der Waals surface area contributed by atoms with Gasteiger partial charge in [0.2, 0.25) is 0 Å². The highest BCUT2D eigenvalue weighted by molar-refractivity contribution is 5.57. The maximum absolute atomic E-state index is 5.28. The number of methoxy groups -OCH3 is 1. The summed E-state index contributed by atoms with van der Waals surface area (Å²) >= 11 is 0. The smallest absolute Gasteiger partial charge is 0.121 e. The molecule has 1 atom stereocenters. The van der Waals surface area contributed by atoms with Crippen molar-refractivity contribution < 1.29 is 4.74 Å². The molecule has 17 heavy (non-hydrogen) atoms. The van der Waals surface area contributed by atoms with Crippen molar-refractivity contribution in [3.63, 3.8) is 0 Å². The van der Waals surface area contributed by atoms with Crippen LogP contribution in [-0.2, 0) is 0 Å². The first-order valence-corrected chi connectivity index (χ1v) is 6.07. The lowest BCUT2D eigenvalue weighted by Crippen LogP contribution is -2.35. The second kappa shape index (κ2) is 4.80. The summed E-state index contributed by atoms with van der Waals surface area (Å²) < 4.78 is 5.28. The average molecular weight is 232 g/mol. The number of hydrogen-bond acceptors (Lipinski definition) is 3. The Balaban J connectivity index is 2.29. The molecule has 1 aromatic carbocycles. The molecule has 0 amide bonds. The van der Waals surface area contributed by atoms with Gasteiger partial charge in [-0.3, -0.25) is 5.01 Å². The quantitative estimate of drug-likeness (QED) is 0.867. The van der Waals surface area contributed by atoms with Crippen LogP contribution in [-0.4, -0.2) is 13.2 Å². The predicted octanol–water partition coefficient (Wildman–Crippen LogP) is 3.01. The molecule has 92 valence electrons. The van der Waals surface area contributed by atoms with Crippen molar-refractivity contribution in [2.45, 2.75) is 33.2 Å². The third kappa shape index (κ3) is 2.29. The number of hydrazine groups is 1. The minimum Gasteiger partial charge on any atom is -0.496 e. The highest BCUT2D eigenvalue weighted by Crippen LogP contribution is 2.28. The normalized spacial score (nSPS) is 19.4. The summed E-state index contributed by atoms with van der Waals surface area (Å²) in [5.41, 5.74) is 7.08. The largest absolute Gasteiger partial charge is 0.496 e. The van der Waals surface area contributed by atoms with Crippen molar-refractivity contribution >= 4 is 5.69 Å². The van der Waals surface area contributed by atoms with E-state index >= 15 is 0 Å². The van der Waals surface area contributed by atoms with Gasteiger partial charge in [-0.2, -0.15) is 0 Å². The van der Waals surface area contributed by atoms with Gasteiger partial charge in [-0.1, -0.05) is 6.92 Å². The molecule has 3 heteroatoms. The Morgan fingerprint density at radius 2 is 2.18 bits per heavy atom. The van der Waals surface area contributed by atoms with Crippen LogP contribution in [0.15, 0.2) is 30.0 Å². The molecule has 0 radical (unpaired) electrons. The minimum absolute atomic E-state index is 0.396. The molecule has 2 rings (SSSR count). The van der Waals surface area contributed by atoms with E-state index in [9.17, 15) is 0 Å². The number of rotatable bonds is 3. The van der Waals surface area contributed by atoms with E-state index < -0.39 is 0 Å². The van der Waals surface area contributed by atoms with Gasteiger partial charge < -0.3 is 4.74 Å². The Labute approximate surface area is 103 Å². The average Bonchev–Trinajstić information content (AvgIpc) is 2.70. The summed E-state index contributed by atoms with van der Waals surface area (Å²) in [5, 5.41) is 2.16. The first kappa shape index (κ1) is 12.0. The number of aryl methyl sites for hydroxylation is 1. The summed E-state index contributed by atoms with van der Waals surface area (Å²) in [4.78, 5) is 0. The van der Waals surface area contributed by atoms with Crippen LogP contribution >= 0.6 is 0 Å². The number of allylic oxidation sites excluding steroid dienone is 1. The highest BCUT2D eigenvalue weighted by Gasteiger charge is 2.20. The molecule has 0 fully saturated rings. The lowest BCUT2D eigenvalue weighted by molar-refractivity contribution is 0.411. The Morgan fingerprint density at radius 3 is 2.76 bits per heavy atom. The van der Waals surface area contributed by atoms with Crippen molar-refractivity contribution in [2.24, 2.45) is 0 Å². The first-order chi connectivity index (χ1) is 8.15. The van der Waals surface area contributed by atoms with Gasteiger partial charge in [0.25, 0.3) is 0 Å². The van der Waals surface area contributed by atoms with Crippen molar-refractivity contribution in [1.29, 1.82) is 0 Å². The number of nitrogens with zero attached hydrogens (tertiary/aromatic N) is 1. The topological polar surface area (TPSA) is 24.5 Å². The molecule has 1 aromatic rings. The monoisotopic (exact) mass is 232 g/mol. The van der Waals surface area contributed by atoms with Gasteiger partial charge >= 0.3 is 0 Å². The fourth-order valence-corrected chi connectivity index (χ4v) is 2.20. The van der Waals surface area contributed by atoms with Gasteiger partial charge in [0.05, 0.1) is 12.8 Å². The van der Waals surface area contributed by atoms with Crippen LogP contribution in [0, 0.1) is 6.92 Å². The third-order valence-corrected chi connectivity index (χ3v) is 3.06. The molecule has 1 N–H and O–H groups in total. The van der Waals surface area contributed by atoms with Crippen molar-refractivity contribution in [2.75, 3.05) is 12.1 Å². The zero-order valence-corrected chi connectivity index (χ0v) is 10.9. The van der Waals surface area contributed by atoms with Gasteiger partial charge in [0, 0.05) is 11.7 Å². The maximum atomic E-state index is 5.28. The van der Waals surface area contributed by atoms with E-state index in [0.29, 0.717) is 6.04 Å². The summed E-state index contributed by atoms with van der Waals surface area (Å²) in [6.07, 6.45) is 3.29. The van der Waals surface area contributed by atoms with Gasteiger partial charge in [0.1, 0.15) is 5.75 Å². The lowest BCUT2D eigenvalue weighted by Gasteiger charge is -2.23. The molecule has 0 saturated heterocycles. The standard InChI is InChI=1S/C14H20N2O/c1-5-12-9-11(3)15-16(12)13-6-7-14(17-4)10(2)8-13/h6-9,11,15H,5H2,1-4H3. The van der Waals surface area contributed by atoms with Crippen LogP contribution in [0.2, 0.25) is 0 Å². The molecule has 1 aliphatic heterocycles. The predicted molar refractivity (Wildman–Crippen MR) is 71.2 cm³/mol. The molecule has 1 unspecified atom stereocenters. The second-order valence-corrected chi connectivity index (χ2v) is 4.42. The van der Waals surface area contributed by atoms with Crippen LogP contribution in [0.1, 0.15) is 25.8 Å². The van der Waals surface area contributed by atoms with E-state index in [1.165, 1.54) is 11.4 Å². The maximum Gasteiger partial charge on any atom is 0.121 e. The van der Waals surface area contributed by atoms with E-state index in [1.807, 2.05) is 6.07 Å². The second-order valence-electron chi connectivity index (χ2n) is 4.42. The molecule has 0 spiro atoms. The molecule has 1 aliphatic rings. The molecule has 1 heterocycles. The summed E-state index contributed by atoms with van der Waals surface area (Å²) in [5.74, 6) is 0.933. The molecule has 0 bridgehead atoms. The van der Waals surface area contributed by atoms with Crippen LogP contribution in [0.3, 0.4) is 0 Å². The minimum atomic E-state index is 0.396. The van der Waals surface area contributed by atoms with Gasteiger partial charge in [-0.15, -0.1) is 0 Å². The zero-order chi connectivity index (χ0) is 12.4. The fourth-order valence-electron chi connectivity index (χ4n) is 2.20. The zero-order valence-electron chi connectivity index (χ0n) is 10.9. The SMILES string of the molecule is CCC1=CC(C)NN1c1ccc(OC)c(C)c1. The number of ether oxygens (including phenoxy) is 1. The van der Waals surface area contributed by atoms with Gasteiger partial charge in [-0.05, 0) is 50.1 Å². The molecule has 3 nitrogen and oxygen atoms in total. The molecule has 0 aromatic heterocycles. The third-order valence-electron chi connectivity index (χ3n) is 3.06. The summed E-state index contributed by atoms with van der Waals surface area (Å²) in [7, 11) is 1.70. The van der Waals surface area contributed by atoms with E-state index in [-0.39, 0.29) is 0 Å². The van der Waals surface area contributed by atoms with Crippen molar-refractivity contribution in [1.82, 2.24) is 5.43 Å². The van der Waals surface area contributed by atoms with E-state index in [1.54, 1.807) is 7.11 Å². The molecule has 0 saturated carbocycles. The number of anilines is 1. The van der Waals surface area contributed by atoms with E-state index in [4.69, 9.17) is 4.74 Å². The number of benzene rings is 1. The summed E-state index contributed by atoms with van der Waals surface area (Å²) in [6, 6.07) is 6.64. The van der Waals surface area contributed by atoms with Crippen molar-refractivity contribution in [3.8, 4) is 5.75 Å². The van der Waals surface area contributed by atoms with E-state index in [0.717, 1.165) is 17.7 Å². The first-order valence-electron chi connectivity index (χ1n) is 6.07. The van der Waals surface area contributed by atoms with Gasteiger partial charge in [-0.25, -0.2) is 5.43 Å². The van der Waals surface area contributed by atoms with Crippen LogP contribution in [0.4, 0.5) is 5.69 Å². The Kier molecular flexibility index (Phi) is 3.38. The summed E-state index contributed by atoms with van der Waals surface area (Å²) in [6.45, 7) is 6.40. The Morgan fingerprint density at radius 1 is 1.41 bits per heavy atom. The van der Waals surface area contributed by atoms with Crippen LogP contribution < -0.4 is 15.2 Å². The number of nitrogens with one attached hydrogen (secondary N) is 1. The fraction of sp³-hybridized carbons (Fsp3) is 0.429. The molecular formula is C14H20N2O. The Bertz CT molecular complexity index is 440. The lowest BCUT2D eigenvalue weighted by atomic mass is 10.2. The van der Waals surface area contributed by atoms with Gasteiger partial charge in [0.15, 0.2) is 0 Å². The Hall–Kier alpha value is -1.48. The van der Waals surface area contributed by atoms with Crippen LogP contribution in [0.5, 0.6) is 5.75 Å². The molecular weight excluding hydrogens is 212 g/mol. The number of hydrogen-bond donors (Lipinski definition) is 1. The van der Waals surface area contributed by atoms with E-state index in [2.05, 4.69) is 49.4 Å². The molecule has 0 aliphatic carbocycles. The highest BCUT2D eigenvalue weighted by atomic mass is 16.5.